The van der Waals surface area contributed by atoms with Crippen molar-refractivity contribution < 1.29 is 4.79 Å². The Balaban J connectivity index is 2.14. The number of halogens is 3. The summed E-state index contributed by atoms with van der Waals surface area (Å²) < 4.78 is 2.52. The molecule has 21 heavy (non-hydrogen) atoms. The summed E-state index contributed by atoms with van der Waals surface area (Å²) in [6, 6.07) is 3.42. The molecule has 1 aromatic carbocycles. The van der Waals surface area contributed by atoms with Crippen LogP contribution in [-0.4, -0.2) is 30.4 Å². The number of nitrogens with zero attached hydrogens (tertiary/aromatic N) is 2. The molecule has 0 aliphatic carbocycles. The van der Waals surface area contributed by atoms with Gasteiger partial charge in [-0.15, -0.1) is 0 Å². The Morgan fingerprint density at radius 1 is 1.19 bits per heavy atom. The van der Waals surface area contributed by atoms with Crippen LogP contribution in [0.3, 0.4) is 0 Å². The van der Waals surface area contributed by atoms with Gasteiger partial charge < -0.3 is 10.2 Å². The fraction of sp³-hybridized carbons (Fsp3) is 0.429. The molecule has 0 saturated carbocycles. The second-order valence-corrected chi connectivity index (χ2v) is 7.56. The van der Waals surface area contributed by atoms with E-state index in [0.29, 0.717) is 5.69 Å². The number of rotatable bonds is 1. The van der Waals surface area contributed by atoms with Crippen molar-refractivity contribution in [1.29, 1.82) is 0 Å². The van der Waals surface area contributed by atoms with Crippen LogP contribution in [0.2, 0.25) is 0 Å². The summed E-state index contributed by atoms with van der Waals surface area (Å²) in [5.41, 5.74) is 0.684. The molecule has 1 aliphatic rings. The summed E-state index contributed by atoms with van der Waals surface area (Å²) in [5, 5.41) is 2.83. The lowest BCUT2D eigenvalue weighted by molar-refractivity contribution is 0.259. The number of benzene rings is 1. The molecule has 0 spiro atoms. The van der Waals surface area contributed by atoms with Gasteiger partial charge in [0.15, 0.2) is 0 Å². The molecule has 1 heterocycles. The third-order valence-corrected chi connectivity index (χ3v) is 5.01. The summed E-state index contributed by atoms with van der Waals surface area (Å²) in [4.78, 5) is 18.4. The van der Waals surface area contributed by atoms with Crippen molar-refractivity contribution in [1.82, 2.24) is 4.90 Å². The van der Waals surface area contributed by atoms with E-state index < -0.39 is 0 Å². The largest absolute Gasteiger partial charge is 0.363 e. The second-order valence-electron chi connectivity index (χ2n) is 4.93. The first-order valence-corrected chi connectivity index (χ1v) is 9.09. The van der Waals surface area contributed by atoms with E-state index in [1.165, 1.54) is 6.42 Å². The Hall–Kier alpha value is -0.400. The minimum absolute atomic E-state index is 0.345. The quantitative estimate of drug-likeness (QED) is 0.583. The molecule has 4 nitrogen and oxygen atoms in total. The van der Waals surface area contributed by atoms with Gasteiger partial charge in [-0.3, -0.25) is 0 Å². The van der Waals surface area contributed by atoms with Crippen LogP contribution in [0.5, 0.6) is 0 Å². The highest BCUT2D eigenvalue weighted by atomic mass is 79.9. The lowest BCUT2D eigenvalue weighted by Crippen LogP contribution is -2.27. The van der Waals surface area contributed by atoms with E-state index in [2.05, 4.69) is 63.0 Å². The number of amides is 2. The Kier molecular flexibility index (Phi) is 6.25. The van der Waals surface area contributed by atoms with E-state index in [1.54, 1.807) is 0 Å². The lowest BCUT2D eigenvalue weighted by atomic mass is 10.2. The predicted octanol–water partition coefficient (Wildman–Crippen LogP) is 5.41. The summed E-state index contributed by atoms with van der Waals surface area (Å²) in [6.07, 6.45) is 4.28. The van der Waals surface area contributed by atoms with Gasteiger partial charge in [0.05, 0.1) is 5.69 Å². The lowest BCUT2D eigenvalue weighted by Gasteiger charge is -2.18. The Morgan fingerprint density at radius 3 is 2.52 bits per heavy atom. The molecule has 7 heteroatoms. The number of carbonyl (C=O) groups excluding carboxylic acids is 1. The third-order valence-electron chi connectivity index (χ3n) is 3.30. The first-order valence-electron chi connectivity index (χ1n) is 6.71. The molecule has 1 aliphatic heterocycles. The van der Waals surface area contributed by atoms with Crippen molar-refractivity contribution in [3.63, 3.8) is 0 Å². The van der Waals surface area contributed by atoms with Crippen LogP contribution < -0.4 is 5.32 Å². The highest BCUT2D eigenvalue weighted by molar-refractivity contribution is 9.11. The summed E-state index contributed by atoms with van der Waals surface area (Å²) in [7, 11) is 1.99. The molecule has 1 aromatic rings. The number of hydrogen-bond acceptors (Lipinski definition) is 1. The number of anilines is 1. The van der Waals surface area contributed by atoms with Crippen LogP contribution in [0.15, 0.2) is 30.5 Å². The van der Waals surface area contributed by atoms with Crippen molar-refractivity contribution in [3.8, 4) is 0 Å². The smallest absolute Gasteiger partial charge is 0.347 e. The molecule has 2 rings (SSSR count). The number of urea groups is 1. The van der Waals surface area contributed by atoms with Crippen LogP contribution in [0.1, 0.15) is 25.7 Å². The van der Waals surface area contributed by atoms with Crippen molar-refractivity contribution in [2.75, 3.05) is 18.9 Å². The maximum Gasteiger partial charge on any atom is 0.347 e. The minimum atomic E-state index is -0.345. The third kappa shape index (κ3) is 4.79. The maximum atomic E-state index is 12.1. The molecule has 0 aromatic heterocycles. The zero-order chi connectivity index (χ0) is 15.4. The molecule has 0 radical (unpaired) electrons. The fourth-order valence-corrected chi connectivity index (χ4v) is 4.64. The zero-order valence-corrected chi connectivity index (χ0v) is 16.4. The molecule has 0 unspecified atom stereocenters. The predicted molar refractivity (Wildman–Crippen MR) is 97.1 cm³/mol. The van der Waals surface area contributed by atoms with Gasteiger partial charge in [0.2, 0.25) is 0 Å². The first kappa shape index (κ1) is 17.0. The van der Waals surface area contributed by atoms with Gasteiger partial charge in [-0.1, -0.05) is 22.4 Å². The number of carbonyl (C=O) groups is 1. The number of likely N-dealkylation sites (tertiary alicyclic amines) is 1. The van der Waals surface area contributed by atoms with E-state index in [0.717, 1.165) is 45.1 Å². The van der Waals surface area contributed by atoms with Crippen molar-refractivity contribution in [2.45, 2.75) is 25.7 Å². The van der Waals surface area contributed by atoms with Crippen LogP contribution in [0.4, 0.5) is 10.5 Å². The minimum Gasteiger partial charge on any atom is -0.363 e. The van der Waals surface area contributed by atoms with Crippen LogP contribution in [-0.2, 0) is 0 Å². The highest BCUT2D eigenvalue weighted by Crippen LogP contribution is 2.34. The van der Waals surface area contributed by atoms with Crippen LogP contribution in [0.25, 0.3) is 0 Å². The van der Waals surface area contributed by atoms with Crippen molar-refractivity contribution >= 4 is 65.3 Å². The van der Waals surface area contributed by atoms with E-state index in [-0.39, 0.29) is 6.03 Å². The molecule has 2 amide bonds. The number of amidine groups is 1. The first-order chi connectivity index (χ1) is 9.97. The normalized spacial score (nSPS) is 17.7. The van der Waals surface area contributed by atoms with E-state index in [9.17, 15) is 4.79 Å². The molecule has 1 fully saturated rings. The van der Waals surface area contributed by atoms with Crippen LogP contribution in [0, 0.1) is 0 Å². The zero-order valence-electron chi connectivity index (χ0n) is 11.6. The van der Waals surface area contributed by atoms with Gasteiger partial charge >= 0.3 is 6.03 Å². The monoisotopic (exact) mass is 479 g/mol. The molecular weight excluding hydrogens is 466 g/mol. The van der Waals surface area contributed by atoms with Crippen molar-refractivity contribution in [3.05, 3.63) is 25.6 Å². The van der Waals surface area contributed by atoms with Gasteiger partial charge in [0.1, 0.15) is 5.84 Å². The summed E-state index contributed by atoms with van der Waals surface area (Å²) >= 11 is 10.3. The number of nitrogens with one attached hydrogen (secondary N) is 1. The van der Waals surface area contributed by atoms with E-state index in [1.807, 2.05) is 19.2 Å². The Bertz CT molecular complexity index is 552. The molecule has 1 N–H and O–H groups in total. The molecule has 114 valence electrons. The van der Waals surface area contributed by atoms with E-state index in [4.69, 9.17) is 0 Å². The molecule has 0 bridgehead atoms. The molecule has 0 atom stereocenters. The summed E-state index contributed by atoms with van der Waals surface area (Å²) in [6.45, 7) is 0.956. The average Bonchev–Trinajstić information content (AvgIpc) is 2.59. The van der Waals surface area contributed by atoms with Gasteiger partial charge in [-0.2, -0.15) is 4.99 Å². The fourth-order valence-electron chi connectivity index (χ4n) is 2.18. The maximum absolute atomic E-state index is 12.1. The number of hydrogen-bond donors (Lipinski definition) is 1. The van der Waals surface area contributed by atoms with Crippen LogP contribution >= 0.6 is 47.8 Å². The van der Waals surface area contributed by atoms with Gasteiger partial charge in [0, 0.05) is 33.4 Å². The summed E-state index contributed by atoms with van der Waals surface area (Å²) in [5.74, 6) is 0.856. The van der Waals surface area contributed by atoms with E-state index >= 15 is 0 Å². The molecular formula is C14H16Br3N3O. The molecule has 1 saturated heterocycles. The highest BCUT2D eigenvalue weighted by Gasteiger charge is 2.14. The van der Waals surface area contributed by atoms with Gasteiger partial charge in [0.25, 0.3) is 0 Å². The topological polar surface area (TPSA) is 44.7 Å². The Morgan fingerprint density at radius 2 is 1.86 bits per heavy atom. The SMILES string of the molecule is CN1CCCCCC1=NC(=O)Nc1c(Br)cc(Br)cc1Br. The van der Waals surface area contributed by atoms with Crippen molar-refractivity contribution in [2.24, 2.45) is 4.99 Å². The Labute approximate surface area is 149 Å². The standard InChI is InChI=1S/C14H16Br3N3O/c1-20-6-4-2-3-5-12(20)18-14(21)19-13-10(16)7-9(15)8-11(13)17/h7-8H,2-6H2,1H3,(H,19,21). The van der Waals surface area contributed by atoms with Gasteiger partial charge in [-0.25, -0.2) is 4.79 Å². The average molecular weight is 482 g/mol. The number of aliphatic imine (C=N–C) groups is 1. The second kappa shape index (κ2) is 7.74. The van der Waals surface area contributed by atoms with Gasteiger partial charge in [-0.05, 0) is 56.8 Å².